The van der Waals surface area contributed by atoms with Crippen LogP contribution in [0.2, 0.25) is 0 Å². The molecule has 0 radical (unpaired) electrons. The molecule has 72 valence electrons. The van der Waals surface area contributed by atoms with Crippen molar-refractivity contribution in [3.05, 3.63) is 29.3 Å². The molecule has 0 aliphatic heterocycles. The second-order valence-corrected chi connectivity index (χ2v) is 2.89. The minimum absolute atomic E-state index is 0.120. The number of nitrogens with zero attached hydrogens (tertiary/aromatic N) is 1. The van der Waals surface area contributed by atoms with E-state index in [0.29, 0.717) is 11.3 Å². The topological polar surface area (TPSA) is 73.1 Å². The summed E-state index contributed by atoms with van der Waals surface area (Å²) >= 11 is 0. The first-order chi connectivity index (χ1) is 6.63. The zero-order valence-corrected chi connectivity index (χ0v) is 7.74. The van der Waals surface area contributed by atoms with Crippen LogP contribution in [-0.4, -0.2) is 17.6 Å². The van der Waals surface area contributed by atoms with Crippen LogP contribution in [0.3, 0.4) is 0 Å². The van der Waals surface area contributed by atoms with Gasteiger partial charge in [0, 0.05) is 5.69 Å². The number of carboxylic acid groups (broad SMARTS) is 1. The lowest BCUT2D eigenvalue weighted by Gasteiger charge is -2.04. The van der Waals surface area contributed by atoms with Gasteiger partial charge in [0.15, 0.2) is 0 Å². The third-order valence-electron chi connectivity index (χ3n) is 1.79. The molecule has 0 aliphatic rings. The molecule has 4 nitrogen and oxygen atoms in total. The predicted octanol–water partition coefficient (Wildman–Crippen LogP) is 1.36. The lowest BCUT2D eigenvalue weighted by atomic mass is 10.1. The molecule has 0 saturated carbocycles. The number of hydrogen-bond acceptors (Lipinski definition) is 3. The first-order valence-electron chi connectivity index (χ1n) is 4.10. The molecule has 0 atom stereocenters. The first kappa shape index (κ1) is 10.1. The molecule has 0 spiro atoms. The second kappa shape index (κ2) is 4.28. The zero-order chi connectivity index (χ0) is 10.6. The Morgan fingerprint density at radius 2 is 2.36 bits per heavy atom. The minimum Gasteiger partial charge on any atom is -0.480 e. The Balaban J connectivity index is 2.77. The van der Waals surface area contributed by atoms with Crippen LogP contribution < -0.4 is 5.32 Å². The summed E-state index contributed by atoms with van der Waals surface area (Å²) in [5.74, 6) is -0.910. The highest BCUT2D eigenvalue weighted by Crippen LogP contribution is 2.13. The number of aryl methyl sites for hydroxylation is 1. The highest BCUT2D eigenvalue weighted by molar-refractivity contribution is 5.72. The van der Waals surface area contributed by atoms with E-state index >= 15 is 0 Å². The van der Waals surface area contributed by atoms with E-state index in [1.165, 1.54) is 0 Å². The minimum atomic E-state index is -0.910. The molecule has 0 saturated heterocycles. The molecular formula is C10H10N2O2. The van der Waals surface area contributed by atoms with Crippen LogP contribution >= 0.6 is 0 Å². The van der Waals surface area contributed by atoms with Crippen LogP contribution in [0.15, 0.2) is 18.2 Å². The van der Waals surface area contributed by atoms with Gasteiger partial charge in [0.25, 0.3) is 0 Å². The number of rotatable bonds is 3. The monoisotopic (exact) mass is 190 g/mol. The van der Waals surface area contributed by atoms with Gasteiger partial charge in [-0.15, -0.1) is 0 Å². The third kappa shape index (κ3) is 2.49. The Hall–Kier alpha value is -2.02. The molecule has 0 aliphatic carbocycles. The molecule has 0 unspecified atom stereocenters. The second-order valence-electron chi connectivity index (χ2n) is 2.89. The van der Waals surface area contributed by atoms with E-state index in [1.54, 1.807) is 18.2 Å². The van der Waals surface area contributed by atoms with Crippen molar-refractivity contribution in [1.29, 1.82) is 5.26 Å². The molecule has 14 heavy (non-hydrogen) atoms. The SMILES string of the molecule is Cc1cc(NCC(=O)O)ccc1C#N. The fourth-order valence-electron chi connectivity index (χ4n) is 1.08. The molecule has 0 heterocycles. The van der Waals surface area contributed by atoms with Crippen molar-refractivity contribution in [3.63, 3.8) is 0 Å². The first-order valence-corrected chi connectivity index (χ1v) is 4.10. The molecule has 0 fully saturated rings. The lowest BCUT2D eigenvalue weighted by molar-refractivity contribution is -0.134. The normalized spacial score (nSPS) is 9.14. The number of aliphatic carboxylic acids is 1. The predicted molar refractivity (Wildman–Crippen MR) is 52.0 cm³/mol. The van der Waals surface area contributed by atoms with E-state index < -0.39 is 5.97 Å². The van der Waals surface area contributed by atoms with E-state index in [-0.39, 0.29) is 6.54 Å². The maximum atomic E-state index is 10.3. The highest BCUT2D eigenvalue weighted by atomic mass is 16.4. The summed E-state index contributed by atoms with van der Waals surface area (Å²) in [7, 11) is 0. The van der Waals surface area contributed by atoms with Gasteiger partial charge in [0.1, 0.15) is 6.54 Å². The Morgan fingerprint density at radius 3 is 2.86 bits per heavy atom. The smallest absolute Gasteiger partial charge is 0.322 e. The number of anilines is 1. The summed E-state index contributed by atoms with van der Waals surface area (Å²) in [5, 5.41) is 19.8. The standard InChI is InChI=1S/C10H10N2O2/c1-7-4-9(12-6-10(13)14)3-2-8(7)5-11/h2-4,12H,6H2,1H3,(H,13,14). The van der Waals surface area contributed by atoms with Crippen LogP contribution in [0.1, 0.15) is 11.1 Å². The van der Waals surface area contributed by atoms with Crippen molar-refractivity contribution in [3.8, 4) is 6.07 Å². The quantitative estimate of drug-likeness (QED) is 0.754. The molecule has 0 amide bonds. The van der Waals surface area contributed by atoms with E-state index in [2.05, 4.69) is 5.32 Å². The van der Waals surface area contributed by atoms with Crippen LogP contribution in [0, 0.1) is 18.3 Å². The summed E-state index contributed by atoms with van der Waals surface area (Å²) in [6.07, 6.45) is 0. The summed E-state index contributed by atoms with van der Waals surface area (Å²) in [6.45, 7) is 1.69. The van der Waals surface area contributed by atoms with Crippen LogP contribution in [-0.2, 0) is 4.79 Å². The molecule has 1 aromatic carbocycles. The van der Waals surface area contributed by atoms with Gasteiger partial charge in [-0.2, -0.15) is 5.26 Å². The molecule has 0 aromatic heterocycles. The molecular weight excluding hydrogens is 180 g/mol. The lowest BCUT2D eigenvalue weighted by Crippen LogP contribution is -2.12. The molecule has 2 N–H and O–H groups in total. The Labute approximate surface area is 81.8 Å². The average molecular weight is 190 g/mol. The fraction of sp³-hybridized carbons (Fsp3) is 0.200. The summed E-state index contributed by atoms with van der Waals surface area (Å²) < 4.78 is 0. The van der Waals surface area contributed by atoms with Crippen molar-refractivity contribution in [2.45, 2.75) is 6.92 Å². The zero-order valence-electron chi connectivity index (χ0n) is 7.74. The van der Waals surface area contributed by atoms with Crippen LogP contribution in [0.25, 0.3) is 0 Å². The summed E-state index contributed by atoms with van der Waals surface area (Å²) in [4.78, 5) is 10.3. The van der Waals surface area contributed by atoms with Gasteiger partial charge < -0.3 is 10.4 Å². The Morgan fingerprint density at radius 1 is 1.64 bits per heavy atom. The maximum absolute atomic E-state index is 10.3. The summed E-state index contributed by atoms with van der Waals surface area (Å²) in [6, 6.07) is 7.15. The van der Waals surface area contributed by atoms with E-state index in [1.807, 2.05) is 13.0 Å². The fourth-order valence-corrected chi connectivity index (χ4v) is 1.08. The molecule has 0 bridgehead atoms. The average Bonchev–Trinajstić information content (AvgIpc) is 2.15. The van der Waals surface area contributed by atoms with Gasteiger partial charge >= 0.3 is 5.97 Å². The van der Waals surface area contributed by atoms with E-state index in [0.717, 1.165) is 5.56 Å². The number of nitriles is 1. The van der Waals surface area contributed by atoms with Gasteiger partial charge in [-0.1, -0.05) is 0 Å². The van der Waals surface area contributed by atoms with Crippen molar-refractivity contribution >= 4 is 11.7 Å². The van der Waals surface area contributed by atoms with Crippen molar-refractivity contribution < 1.29 is 9.90 Å². The Kier molecular flexibility index (Phi) is 3.08. The maximum Gasteiger partial charge on any atom is 0.322 e. The van der Waals surface area contributed by atoms with Gasteiger partial charge in [-0.3, -0.25) is 4.79 Å². The summed E-state index contributed by atoms with van der Waals surface area (Å²) in [5.41, 5.74) is 2.15. The largest absolute Gasteiger partial charge is 0.480 e. The van der Waals surface area contributed by atoms with Gasteiger partial charge in [0.05, 0.1) is 11.6 Å². The number of carbonyl (C=O) groups is 1. The van der Waals surface area contributed by atoms with Gasteiger partial charge in [-0.25, -0.2) is 0 Å². The number of nitrogens with one attached hydrogen (secondary N) is 1. The number of hydrogen-bond donors (Lipinski definition) is 2. The van der Waals surface area contributed by atoms with Crippen molar-refractivity contribution in [2.75, 3.05) is 11.9 Å². The van der Waals surface area contributed by atoms with Crippen LogP contribution in [0.4, 0.5) is 5.69 Å². The van der Waals surface area contributed by atoms with Crippen LogP contribution in [0.5, 0.6) is 0 Å². The molecule has 1 rings (SSSR count). The molecule has 4 heteroatoms. The highest BCUT2D eigenvalue weighted by Gasteiger charge is 2.00. The van der Waals surface area contributed by atoms with Gasteiger partial charge in [0.2, 0.25) is 0 Å². The van der Waals surface area contributed by atoms with Gasteiger partial charge in [-0.05, 0) is 30.7 Å². The van der Waals surface area contributed by atoms with E-state index in [9.17, 15) is 4.79 Å². The third-order valence-corrected chi connectivity index (χ3v) is 1.79. The van der Waals surface area contributed by atoms with E-state index in [4.69, 9.17) is 10.4 Å². The number of carboxylic acids is 1. The van der Waals surface area contributed by atoms with Crippen molar-refractivity contribution in [2.24, 2.45) is 0 Å². The Bertz CT molecular complexity index is 394. The number of benzene rings is 1. The van der Waals surface area contributed by atoms with Crippen molar-refractivity contribution in [1.82, 2.24) is 0 Å². The molecule has 1 aromatic rings.